The highest BCUT2D eigenvalue weighted by molar-refractivity contribution is 5.53. The lowest BCUT2D eigenvalue weighted by atomic mass is 10.1. The SMILES string of the molecule is CCN(CCCO)c1ccc(C(C)O)c(O)c1. The number of hydrogen-bond donors (Lipinski definition) is 3. The molecule has 1 atom stereocenters. The van der Waals surface area contributed by atoms with E-state index in [0.29, 0.717) is 12.0 Å². The second kappa shape index (κ2) is 6.47. The van der Waals surface area contributed by atoms with E-state index in [1.165, 1.54) is 0 Å². The van der Waals surface area contributed by atoms with Crippen LogP contribution in [0.3, 0.4) is 0 Å². The largest absolute Gasteiger partial charge is 0.507 e. The number of nitrogens with zero attached hydrogens (tertiary/aromatic N) is 1. The average Bonchev–Trinajstić information content (AvgIpc) is 2.29. The molecule has 0 heterocycles. The third-order valence-corrected chi connectivity index (χ3v) is 2.80. The van der Waals surface area contributed by atoms with Crippen molar-refractivity contribution in [2.75, 3.05) is 24.6 Å². The highest BCUT2D eigenvalue weighted by atomic mass is 16.3. The second-order valence-corrected chi connectivity index (χ2v) is 4.08. The van der Waals surface area contributed by atoms with Crippen LogP contribution in [0, 0.1) is 0 Å². The summed E-state index contributed by atoms with van der Waals surface area (Å²) in [7, 11) is 0. The molecule has 4 heteroatoms. The summed E-state index contributed by atoms with van der Waals surface area (Å²) in [6.07, 6.45) is 0.0313. The second-order valence-electron chi connectivity index (χ2n) is 4.08. The van der Waals surface area contributed by atoms with Gasteiger partial charge in [-0.3, -0.25) is 0 Å². The van der Waals surface area contributed by atoms with Crippen molar-refractivity contribution in [1.29, 1.82) is 0 Å². The molecular weight excluding hydrogens is 218 g/mol. The predicted octanol–water partition coefficient (Wildman–Crippen LogP) is 1.65. The lowest BCUT2D eigenvalue weighted by molar-refractivity contribution is 0.195. The fraction of sp³-hybridized carbons (Fsp3) is 0.538. The smallest absolute Gasteiger partial charge is 0.123 e. The molecule has 0 aliphatic rings. The zero-order valence-electron chi connectivity index (χ0n) is 10.4. The standard InChI is InChI=1S/C13H21NO3/c1-3-14(7-4-8-15)11-5-6-12(10(2)16)13(17)9-11/h5-6,9-10,15-17H,3-4,7-8H2,1-2H3. The Morgan fingerprint density at radius 2 is 2.06 bits per heavy atom. The van der Waals surface area contributed by atoms with Crippen LogP contribution in [0.2, 0.25) is 0 Å². The molecule has 96 valence electrons. The molecule has 1 aromatic carbocycles. The summed E-state index contributed by atoms with van der Waals surface area (Å²) in [5.74, 6) is 0.111. The van der Waals surface area contributed by atoms with Gasteiger partial charge in [-0.2, -0.15) is 0 Å². The van der Waals surface area contributed by atoms with Crippen molar-refractivity contribution in [2.45, 2.75) is 26.4 Å². The zero-order chi connectivity index (χ0) is 12.8. The van der Waals surface area contributed by atoms with Gasteiger partial charge < -0.3 is 20.2 Å². The van der Waals surface area contributed by atoms with Gasteiger partial charge in [0.15, 0.2) is 0 Å². The van der Waals surface area contributed by atoms with Crippen LogP contribution in [-0.2, 0) is 0 Å². The van der Waals surface area contributed by atoms with E-state index in [4.69, 9.17) is 5.11 Å². The van der Waals surface area contributed by atoms with Crippen molar-refractivity contribution in [3.05, 3.63) is 23.8 Å². The molecule has 0 amide bonds. The maximum atomic E-state index is 9.80. The first-order valence-electron chi connectivity index (χ1n) is 5.97. The highest BCUT2D eigenvalue weighted by Crippen LogP contribution is 2.28. The maximum Gasteiger partial charge on any atom is 0.123 e. The Hall–Kier alpha value is -1.26. The molecule has 0 aliphatic carbocycles. The van der Waals surface area contributed by atoms with Crippen molar-refractivity contribution in [1.82, 2.24) is 0 Å². The fourth-order valence-corrected chi connectivity index (χ4v) is 1.81. The Morgan fingerprint density at radius 3 is 2.53 bits per heavy atom. The van der Waals surface area contributed by atoms with Gasteiger partial charge in [0.25, 0.3) is 0 Å². The van der Waals surface area contributed by atoms with Gasteiger partial charge in [0.2, 0.25) is 0 Å². The summed E-state index contributed by atoms with van der Waals surface area (Å²) in [4.78, 5) is 2.07. The van der Waals surface area contributed by atoms with Gasteiger partial charge >= 0.3 is 0 Å². The van der Waals surface area contributed by atoms with Crippen molar-refractivity contribution in [3.8, 4) is 5.75 Å². The molecular formula is C13H21NO3. The van der Waals surface area contributed by atoms with Crippen LogP contribution in [0.15, 0.2) is 18.2 Å². The van der Waals surface area contributed by atoms with Gasteiger partial charge in [0, 0.05) is 37.0 Å². The van der Waals surface area contributed by atoms with E-state index in [0.717, 1.165) is 18.8 Å². The van der Waals surface area contributed by atoms with Gasteiger partial charge in [0.05, 0.1) is 6.10 Å². The van der Waals surface area contributed by atoms with Gasteiger partial charge in [0.1, 0.15) is 5.75 Å². The Balaban J connectivity index is 2.86. The number of aromatic hydroxyl groups is 1. The number of aliphatic hydroxyl groups is 2. The summed E-state index contributed by atoms with van der Waals surface area (Å²) in [6, 6.07) is 5.27. The summed E-state index contributed by atoms with van der Waals surface area (Å²) < 4.78 is 0. The summed E-state index contributed by atoms with van der Waals surface area (Å²) in [5.41, 5.74) is 1.44. The molecule has 0 aliphatic heterocycles. The quantitative estimate of drug-likeness (QED) is 0.706. The van der Waals surface area contributed by atoms with E-state index >= 15 is 0 Å². The van der Waals surface area contributed by atoms with Crippen LogP contribution < -0.4 is 4.90 Å². The molecule has 0 saturated carbocycles. The monoisotopic (exact) mass is 239 g/mol. The number of hydrogen-bond acceptors (Lipinski definition) is 4. The van der Waals surface area contributed by atoms with E-state index in [1.807, 2.05) is 13.0 Å². The number of rotatable bonds is 6. The van der Waals surface area contributed by atoms with Gasteiger partial charge in [-0.15, -0.1) is 0 Å². The van der Waals surface area contributed by atoms with E-state index in [2.05, 4.69) is 4.90 Å². The molecule has 4 nitrogen and oxygen atoms in total. The van der Waals surface area contributed by atoms with Gasteiger partial charge in [-0.05, 0) is 26.3 Å². The van der Waals surface area contributed by atoms with Crippen LogP contribution in [0.25, 0.3) is 0 Å². The van der Waals surface area contributed by atoms with E-state index in [9.17, 15) is 10.2 Å². The third kappa shape index (κ3) is 3.61. The first kappa shape index (κ1) is 13.8. The summed E-state index contributed by atoms with van der Waals surface area (Å²) in [5, 5.41) is 28.0. The van der Waals surface area contributed by atoms with Crippen molar-refractivity contribution >= 4 is 5.69 Å². The van der Waals surface area contributed by atoms with Gasteiger partial charge in [-0.25, -0.2) is 0 Å². The molecule has 0 bridgehead atoms. The lowest BCUT2D eigenvalue weighted by Crippen LogP contribution is -2.24. The van der Waals surface area contributed by atoms with E-state index < -0.39 is 6.10 Å². The third-order valence-electron chi connectivity index (χ3n) is 2.80. The van der Waals surface area contributed by atoms with Crippen molar-refractivity contribution < 1.29 is 15.3 Å². The van der Waals surface area contributed by atoms with Crippen LogP contribution in [0.1, 0.15) is 31.9 Å². The van der Waals surface area contributed by atoms with Crippen LogP contribution in [-0.4, -0.2) is 35.0 Å². The predicted molar refractivity (Wildman–Crippen MR) is 68.3 cm³/mol. The van der Waals surface area contributed by atoms with Crippen LogP contribution in [0.5, 0.6) is 5.75 Å². The Labute approximate surface area is 102 Å². The normalized spacial score (nSPS) is 12.5. The van der Waals surface area contributed by atoms with Crippen LogP contribution >= 0.6 is 0 Å². The molecule has 0 spiro atoms. The molecule has 0 saturated heterocycles. The lowest BCUT2D eigenvalue weighted by Gasteiger charge is -2.23. The topological polar surface area (TPSA) is 63.9 Å². The minimum Gasteiger partial charge on any atom is -0.507 e. The average molecular weight is 239 g/mol. The van der Waals surface area contributed by atoms with E-state index in [-0.39, 0.29) is 12.4 Å². The number of phenolic OH excluding ortho intramolecular Hbond substituents is 1. The van der Waals surface area contributed by atoms with Gasteiger partial charge in [-0.1, -0.05) is 6.07 Å². The Morgan fingerprint density at radius 1 is 1.35 bits per heavy atom. The number of benzene rings is 1. The molecule has 0 aromatic heterocycles. The summed E-state index contributed by atoms with van der Waals surface area (Å²) >= 11 is 0. The molecule has 0 radical (unpaired) electrons. The molecule has 3 N–H and O–H groups in total. The number of aliphatic hydroxyl groups excluding tert-OH is 2. The van der Waals surface area contributed by atoms with Crippen LogP contribution in [0.4, 0.5) is 5.69 Å². The first-order chi connectivity index (χ1) is 8.10. The highest BCUT2D eigenvalue weighted by Gasteiger charge is 2.10. The molecule has 1 unspecified atom stereocenters. The summed E-state index contributed by atoms with van der Waals surface area (Å²) in [6.45, 7) is 5.37. The van der Waals surface area contributed by atoms with Crippen molar-refractivity contribution in [3.63, 3.8) is 0 Å². The molecule has 0 fully saturated rings. The van der Waals surface area contributed by atoms with Crippen molar-refractivity contribution in [2.24, 2.45) is 0 Å². The number of phenols is 1. The molecule has 1 rings (SSSR count). The minimum atomic E-state index is -0.670. The maximum absolute atomic E-state index is 9.80. The number of anilines is 1. The fourth-order valence-electron chi connectivity index (χ4n) is 1.81. The zero-order valence-corrected chi connectivity index (χ0v) is 10.4. The Kier molecular flexibility index (Phi) is 5.25. The first-order valence-corrected chi connectivity index (χ1v) is 5.97. The van der Waals surface area contributed by atoms with E-state index in [1.54, 1.807) is 19.1 Å². The molecule has 17 heavy (non-hydrogen) atoms. The molecule has 1 aromatic rings. The minimum absolute atomic E-state index is 0.111. The Bertz CT molecular complexity index is 353.